The van der Waals surface area contributed by atoms with Crippen molar-refractivity contribution in [2.45, 2.75) is 54.0 Å². The van der Waals surface area contributed by atoms with E-state index in [1.54, 1.807) is 0 Å². The molecule has 0 amide bonds. The van der Waals surface area contributed by atoms with Crippen molar-refractivity contribution in [3.05, 3.63) is 11.4 Å². The van der Waals surface area contributed by atoms with Crippen LogP contribution in [0.15, 0.2) is 0 Å². The molecule has 0 fully saturated rings. The average molecular weight is 251 g/mol. The highest BCUT2D eigenvalue weighted by atomic mass is 15.3. The molecule has 0 spiro atoms. The molecule has 5 nitrogen and oxygen atoms in total. The lowest BCUT2D eigenvalue weighted by Gasteiger charge is -2.29. The summed E-state index contributed by atoms with van der Waals surface area (Å²) in [4.78, 5) is 8.89. The van der Waals surface area contributed by atoms with Gasteiger partial charge in [-0.1, -0.05) is 27.7 Å². The molecule has 102 valence electrons. The summed E-state index contributed by atoms with van der Waals surface area (Å²) in [6.07, 6.45) is 0.785. The first-order chi connectivity index (χ1) is 8.29. The first-order valence-corrected chi connectivity index (χ1v) is 6.40. The summed E-state index contributed by atoms with van der Waals surface area (Å²) < 4.78 is 0. The third-order valence-corrected chi connectivity index (χ3v) is 3.30. The summed E-state index contributed by atoms with van der Waals surface area (Å²) in [5.74, 6) is 7.82. The third kappa shape index (κ3) is 3.32. The van der Waals surface area contributed by atoms with Crippen molar-refractivity contribution < 1.29 is 0 Å². The Hall–Kier alpha value is -1.36. The maximum absolute atomic E-state index is 5.49. The van der Waals surface area contributed by atoms with Gasteiger partial charge < -0.3 is 10.7 Å². The molecule has 0 aliphatic carbocycles. The molecule has 0 radical (unpaired) electrons. The Morgan fingerprint density at radius 3 is 2.22 bits per heavy atom. The van der Waals surface area contributed by atoms with E-state index >= 15 is 0 Å². The van der Waals surface area contributed by atoms with E-state index in [2.05, 4.69) is 48.4 Å². The quantitative estimate of drug-likeness (QED) is 0.566. The van der Waals surface area contributed by atoms with Gasteiger partial charge in [-0.05, 0) is 19.3 Å². The predicted molar refractivity (Wildman–Crippen MR) is 76.5 cm³/mol. The number of aryl methyl sites for hydroxylation is 1. The monoisotopic (exact) mass is 251 g/mol. The zero-order valence-corrected chi connectivity index (χ0v) is 12.3. The molecule has 1 heterocycles. The molecule has 1 aromatic rings. The molecule has 1 unspecified atom stereocenters. The highest BCUT2D eigenvalue weighted by Gasteiger charge is 2.21. The summed E-state index contributed by atoms with van der Waals surface area (Å²) in [7, 11) is 0. The number of hydrogen-bond acceptors (Lipinski definition) is 5. The van der Waals surface area contributed by atoms with Crippen molar-refractivity contribution in [1.29, 1.82) is 0 Å². The lowest BCUT2D eigenvalue weighted by atomic mass is 9.88. The molecule has 18 heavy (non-hydrogen) atoms. The van der Waals surface area contributed by atoms with Crippen LogP contribution in [0, 0.1) is 12.3 Å². The Balaban J connectivity index is 3.08. The van der Waals surface area contributed by atoms with Crippen LogP contribution in [0.5, 0.6) is 0 Å². The van der Waals surface area contributed by atoms with Gasteiger partial charge in [0.2, 0.25) is 0 Å². The van der Waals surface area contributed by atoms with Gasteiger partial charge in [0.25, 0.3) is 0 Å². The molecule has 0 bridgehead atoms. The lowest BCUT2D eigenvalue weighted by molar-refractivity contribution is 0.358. The van der Waals surface area contributed by atoms with Crippen molar-refractivity contribution in [2.24, 2.45) is 11.3 Å². The Bertz CT molecular complexity index is 409. The van der Waals surface area contributed by atoms with Crippen LogP contribution >= 0.6 is 0 Å². The van der Waals surface area contributed by atoms with Gasteiger partial charge in [0.1, 0.15) is 17.5 Å². The van der Waals surface area contributed by atoms with Crippen LogP contribution in [-0.4, -0.2) is 16.0 Å². The number of rotatable bonds is 4. The first-order valence-electron chi connectivity index (χ1n) is 6.40. The van der Waals surface area contributed by atoms with Crippen LogP contribution in [0.4, 0.5) is 11.6 Å². The smallest absolute Gasteiger partial charge is 0.148 e. The number of anilines is 2. The fourth-order valence-electron chi connectivity index (χ4n) is 1.42. The van der Waals surface area contributed by atoms with E-state index in [0.29, 0.717) is 11.9 Å². The lowest BCUT2D eigenvalue weighted by Crippen LogP contribution is -2.32. The molecule has 0 aliphatic heterocycles. The summed E-state index contributed by atoms with van der Waals surface area (Å²) in [5, 5.41) is 3.45. The number of nitrogens with two attached hydrogens (primary N) is 1. The van der Waals surface area contributed by atoms with Crippen molar-refractivity contribution in [2.75, 3.05) is 10.7 Å². The Labute approximate surface area is 110 Å². The summed E-state index contributed by atoms with van der Waals surface area (Å²) in [5.41, 5.74) is 3.75. The van der Waals surface area contributed by atoms with Crippen molar-refractivity contribution in [3.63, 3.8) is 0 Å². The molecule has 0 aliphatic rings. The molecule has 1 aromatic heterocycles. The van der Waals surface area contributed by atoms with Crippen molar-refractivity contribution in [1.82, 2.24) is 9.97 Å². The molecule has 5 heteroatoms. The largest absolute Gasteiger partial charge is 0.367 e. The van der Waals surface area contributed by atoms with E-state index in [-0.39, 0.29) is 5.41 Å². The molecule has 0 saturated heterocycles. The SMILES string of the molecule is CCc1nc(NN)c(C)c(NC(C)C(C)(C)C)n1. The van der Waals surface area contributed by atoms with Crippen molar-refractivity contribution >= 4 is 11.6 Å². The summed E-state index contributed by atoms with van der Waals surface area (Å²) in [6, 6.07) is 0.307. The van der Waals surface area contributed by atoms with Crippen LogP contribution in [0.3, 0.4) is 0 Å². The van der Waals surface area contributed by atoms with Gasteiger partial charge in [0.15, 0.2) is 0 Å². The fraction of sp³-hybridized carbons (Fsp3) is 0.692. The minimum Gasteiger partial charge on any atom is -0.367 e. The van der Waals surface area contributed by atoms with Crippen LogP contribution in [0.2, 0.25) is 0 Å². The van der Waals surface area contributed by atoms with Gasteiger partial charge >= 0.3 is 0 Å². The highest BCUT2D eigenvalue weighted by molar-refractivity contribution is 5.57. The van der Waals surface area contributed by atoms with Crippen molar-refractivity contribution in [3.8, 4) is 0 Å². The third-order valence-electron chi connectivity index (χ3n) is 3.30. The molecule has 1 atom stereocenters. The van der Waals surface area contributed by atoms with E-state index in [9.17, 15) is 0 Å². The topological polar surface area (TPSA) is 75.9 Å². The van der Waals surface area contributed by atoms with E-state index in [4.69, 9.17) is 5.84 Å². The van der Waals surface area contributed by atoms with Crippen LogP contribution < -0.4 is 16.6 Å². The summed E-state index contributed by atoms with van der Waals surface area (Å²) >= 11 is 0. The number of hydrogen-bond donors (Lipinski definition) is 3. The maximum Gasteiger partial charge on any atom is 0.148 e. The fourth-order valence-corrected chi connectivity index (χ4v) is 1.42. The van der Waals surface area contributed by atoms with Crippen LogP contribution in [0.25, 0.3) is 0 Å². The van der Waals surface area contributed by atoms with Gasteiger partial charge in [-0.25, -0.2) is 15.8 Å². The number of nitrogen functional groups attached to an aromatic ring is 1. The van der Waals surface area contributed by atoms with E-state index in [1.165, 1.54) is 0 Å². The van der Waals surface area contributed by atoms with Gasteiger partial charge in [-0.2, -0.15) is 0 Å². The van der Waals surface area contributed by atoms with E-state index in [1.807, 2.05) is 13.8 Å². The normalized spacial score (nSPS) is 13.3. The molecule has 1 rings (SSSR count). The molecular weight excluding hydrogens is 226 g/mol. The number of hydrazine groups is 1. The average Bonchev–Trinajstić information content (AvgIpc) is 2.30. The Morgan fingerprint density at radius 2 is 1.78 bits per heavy atom. The zero-order chi connectivity index (χ0) is 13.9. The Kier molecular flexibility index (Phi) is 4.51. The predicted octanol–water partition coefficient (Wildman–Crippen LogP) is 2.48. The number of aromatic nitrogens is 2. The van der Waals surface area contributed by atoms with Gasteiger partial charge in [-0.15, -0.1) is 0 Å². The minimum atomic E-state index is 0.167. The first kappa shape index (κ1) is 14.7. The molecular formula is C13H25N5. The number of nitrogens with zero attached hydrogens (tertiary/aromatic N) is 2. The van der Waals surface area contributed by atoms with Crippen LogP contribution in [-0.2, 0) is 6.42 Å². The van der Waals surface area contributed by atoms with Gasteiger partial charge in [0, 0.05) is 18.0 Å². The minimum absolute atomic E-state index is 0.167. The second-order valence-electron chi connectivity index (χ2n) is 5.69. The standard InChI is InChI=1S/C13H25N5/c1-7-10-16-11(8(2)12(17-10)18-14)15-9(3)13(4,5)6/h9H,7,14H2,1-6H3,(H2,15,16,17,18). The van der Waals surface area contributed by atoms with Crippen LogP contribution in [0.1, 0.15) is 46.0 Å². The van der Waals surface area contributed by atoms with E-state index in [0.717, 1.165) is 23.6 Å². The zero-order valence-electron chi connectivity index (χ0n) is 12.3. The molecule has 0 aromatic carbocycles. The Morgan fingerprint density at radius 1 is 1.22 bits per heavy atom. The number of nitrogens with one attached hydrogen (secondary N) is 2. The maximum atomic E-state index is 5.49. The second-order valence-corrected chi connectivity index (χ2v) is 5.69. The van der Waals surface area contributed by atoms with E-state index < -0.39 is 0 Å². The summed E-state index contributed by atoms with van der Waals surface area (Å²) in [6.45, 7) is 12.7. The molecule has 0 saturated carbocycles. The van der Waals surface area contributed by atoms with Gasteiger partial charge in [-0.3, -0.25) is 0 Å². The highest BCUT2D eigenvalue weighted by Crippen LogP contribution is 2.25. The van der Waals surface area contributed by atoms with Gasteiger partial charge in [0.05, 0.1) is 0 Å². The molecule has 4 N–H and O–H groups in total. The second kappa shape index (κ2) is 5.52.